The lowest BCUT2D eigenvalue weighted by molar-refractivity contribution is 0.0402. The molecule has 1 fully saturated rings. The summed E-state index contributed by atoms with van der Waals surface area (Å²) >= 11 is 0. The van der Waals surface area contributed by atoms with Gasteiger partial charge < -0.3 is 0 Å². The van der Waals surface area contributed by atoms with Gasteiger partial charge in [-0.25, -0.2) is 0 Å². The van der Waals surface area contributed by atoms with Crippen LogP contribution >= 0.6 is 0 Å². The minimum Gasteiger partial charge on any atom is -0.0623 e. The third kappa shape index (κ3) is 4.73. The predicted octanol–water partition coefficient (Wildman–Crippen LogP) is 7.47. The Labute approximate surface area is 135 Å². The molecule has 1 atom stereocenters. The highest BCUT2D eigenvalue weighted by atomic mass is 14.5. The van der Waals surface area contributed by atoms with Crippen LogP contribution in [-0.2, 0) is 0 Å². The summed E-state index contributed by atoms with van der Waals surface area (Å²) in [5.74, 6) is 0.803. The predicted molar refractivity (Wildman–Crippen MR) is 96.6 cm³/mol. The molecule has 0 radical (unpaired) electrons. The summed E-state index contributed by atoms with van der Waals surface area (Å²) in [5, 5.41) is 0. The average Bonchev–Trinajstić information content (AvgIpc) is 2.25. The monoisotopic (exact) mass is 294 g/mol. The SMILES string of the molecule is CC(C)C1(C)CCCC(C)(C)CC(C)(C)C(C)(C)CCC1. The molecular weight excluding hydrogens is 252 g/mol. The highest BCUT2D eigenvalue weighted by Gasteiger charge is 2.41. The summed E-state index contributed by atoms with van der Waals surface area (Å²) in [6.07, 6.45) is 9.72. The van der Waals surface area contributed by atoms with E-state index in [1.54, 1.807) is 0 Å². The lowest BCUT2D eigenvalue weighted by atomic mass is 9.59. The third-order valence-electron chi connectivity index (χ3n) is 7.30. The molecule has 0 aromatic heterocycles. The van der Waals surface area contributed by atoms with Gasteiger partial charge in [0.15, 0.2) is 0 Å². The molecule has 0 spiro atoms. The van der Waals surface area contributed by atoms with Gasteiger partial charge in [0.2, 0.25) is 0 Å². The van der Waals surface area contributed by atoms with Gasteiger partial charge in [-0.05, 0) is 59.7 Å². The standard InChI is InChI=1S/C21H42/c1-17(2)21(9)14-10-12-18(3,4)16-20(7,8)19(5,6)13-11-15-21/h17H,10-16H2,1-9H3. The van der Waals surface area contributed by atoms with Crippen LogP contribution in [0, 0.1) is 27.6 Å². The highest BCUT2D eigenvalue weighted by molar-refractivity contribution is 4.92. The van der Waals surface area contributed by atoms with Crippen LogP contribution < -0.4 is 0 Å². The Hall–Kier alpha value is 0. The Morgan fingerprint density at radius 3 is 1.57 bits per heavy atom. The smallest absolute Gasteiger partial charge is 0.0298 e. The molecule has 1 rings (SSSR count). The number of rotatable bonds is 1. The van der Waals surface area contributed by atoms with Crippen molar-refractivity contribution >= 4 is 0 Å². The minimum absolute atomic E-state index is 0.426. The first-order chi connectivity index (χ1) is 9.31. The van der Waals surface area contributed by atoms with E-state index in [1.165, 1.54) is 44.9 Å². The highest BCUT2D eigenvalue weighted by Crippen LogP contribution is 2.52. The van der Waals surface area contributed by atoms with Crippen LogP contribution in [0.3, 0.4) is 0 Å². The quantitative estimate of drug-likeness (QED) is 0.470. The van der Waals surface area contributed by atoms with Crippen LogP contribution in [0.25, 0.3) is 0 Å². The van der Waals surface area contributed by atoms with E-state index >= 15 is 0 Å². The summed E-state index contributed by atoms with van der Waals surface area (Å²) in [7, 11) is 0. The second-order valence-electron chi connectivity index (χ2n) is 10.6. The molecule has 0 nitrogen and oxygen atoms in total. The Bertz CT molecular complexity index is 332. The van der Waals surface area contributed by atoms with Crippen molar-refractivity contribution < 1.29 is 0 Å². The molecule has 1 saturated carbocycles. The van der Waals surface area contributed by atoms with Crippen LogP contribution in [0.15, 0.2) is 0 Å². The van der Waals surface area contributed by atoms with Crippen LogP contribution in [0.4, 0.5) is 0 Å². The average molecular weight is 295 g/mol. The summed E-state index contributed by atoms with van der Waals surface area (Å²) in [5.41, 5.74) is 1.88. The first kappa shape index (κ1) is 19.0. The van der Waals surface area contributed by atoms with E-state index in [4.69, 9.17) is 0 Å². The molecule has 1 unspecified atom stereocenters. The zero-order chi connectivity index (χ0) is 16.5. The maximum absolute atomic E-state index is 2.54. The van der Waals surface area contributed by atoms with Crippen LogP contribution in [0.2, 0.25) is 0 Å². The largest absolute Gasteiger partial charge is 0.0623 e. The van der Waals surface area contributed by atoms with Gasteiger partial charge in [0.1, 0.15) is 0 Å². The molecule has 1 aliphatic rings. The van der Waals surface area contributed by atoms with Gasteiger partial charge in [-0.2, -0.15) is 0 Å². The van der Waals surface area contributed by atoms with Gasteiger partial charge in [0.05, 0.1) is 0 Å². The fourth-order valence-electron chi connectivity index (χ4n) is 4.47. The zero-order valence-corrected chi connectivity index (χ0v) is 16.5. The molecule has 0 bridgehead atoms. The first-order valence-electron chi connectivity index (χ1n) is 9.31. The van der Waals surface area contributed by atoms with E-state index in [0.29, 0.717) is 21.7 Å². The Balaban J connectivity index is 3.00. The van der Waals surface area contributed by atoms with Gasteiger partial charge in [-0.15, -0.1) is 0 Å². The van der Waals surface area contributed by atoms with Crippen molar-refractivity contribution in [3.63, 3.8) is 0 Å². The second kappa shape index (κ2) is 6.25. The molecule has 0 aromatic rings. The molecule has 0 aliphatic heterocycles. The van der Waals surface area contributed by atoms with Crippen molar-refractivity contribution in [1.82, 2.24) is 0 Å². The van der Waals surface area contributed by atoms with E-state index in [1.807, 2.05) is 0 Å². The molecule has 126 valence electrons. The first-order valence-corrected chi connectivity index (χ1v) is 9.31. The molecular formula is C21H42. The summed E-state index contributed by atoms with van der Waals surface area (Å²) in [6, 6.07) is 0. The second-order valence-corrected chi connectivity index (χ2v) is 10.6. The molecule has 0 amide bonds. The fraction of sp³-hybridized carbons (Fsp3) is 1.00. The summed E-state index contributed by atoms with van der Waals surface area (Å²) in [6.45, 7) is 22.4. The van der Waals surface area contributed by atoms with E-state index in [9.17, 15) is 0 Å². The molecule has 0 saturated heterocycles. The van der Waals surface area contributed by atoms with Gasteiger partial charge in [-0.1, -0.05) is 75.2 Å². The molecule has 0 heteroatoms. The minimum atomic E-state index is 0.426. The molecule has 1 aliphatic carbocycles. The van der Waals surface area contributed by atoms with E-state index in [-0.39, 0.29) is 0 Å². The van der Waals surface area contributed by atoms with Crippen molar-refractivity contribution in [1.29, 1.82) is 0 Å². The number of hydrogen-bond acceptors (Lipinski definition) is 0. The zero-order valence-electron chi connectivity index (χ0n) is 16.5. The van der Waals surface area contributed by atoms with Crippen molar-refractivity contribution in [2.24, 2.45) is 27.6 Å². The van der Waals surface area contributed by atoms with Gasteiger partial charge in [-0.3, -0.25) is 0 Å². The lowest BCUT2D eigenvalue weighted by Gasteiger charge is -2.46. The molecule has 0 N–H and O–H groups in total. The maximum atomic E-state index is 2.54. The Morgan fingerprint density at radius 2 is 1.10 bits per heavy atom. The summed E-state index contributed by atoms with van der Waals surface area (Å²) < 4.78 is 0. The number of hydrogen-bond donors (Lipinski definition) is 0. The molecule has 0 aromatic carbocycles. The lowest BCUT2D eigenvalue weighted by Crippen LogP contribution is -2.36. The third-order valence-corrected chi connectivity index (χ3v) is 7.30. The van der Waals surface area contributed by atoms with Gasteiger partial charge >= 0.3 is 0 Å². The Kier molecular flexibility index (Phi) is 5.67. The summed E-state index contributed by atoms with van der Waals surface area (Å²) in [4.78, 5) is 0. The van der Waals surface area contributed by atoms with Crippen molar-refractivity contribution in [3.05, 3.63) is 0 Å². The van der Waals surface area contributed by atoms with Gasteiger partial charge in [0.25, 0.3) is 0 Å². The molecule has 0 heterocycles. The van der Waals surface area contributed by atoms with E-state index < -0.39 is 0 Å². The van der Waals surface area contributed by atoms with E-state index in [2.05, 4.69) is 62.3 Å². The van der Waals surface area contributed by atoms with Crippen molar-refractivity contribution in [2.45, 2.75) is 107 Å². The molecule has 21 heavy (non-hydrogen) atoms. The normalized spacial score (nSPS) is 33.4. The Morgan fingerprint density at radius 1 is 0.619 bits per heavy atom. The van der Waals surface area contributed by atoms with Crippen molar-refractivity contribution in [2.75, 3.05) is 0 Å². The van der Waals surface area contributed by atoms with Crippen LogP contribution in [-0.4, -0.2) is 0 Å². The van der Waals surface area contributed by atoms with Crippen molar-refractivity contribution in [3.8, 4) is 0 Å². The van der Waals surface area contributed by atoms with E-state index in [0.717, 1.165) is 5.92 Å². The topological polar surface area (TPSA) is 0 Å². The fourth-order valence-corrected chi connectivity index (χ4v) is 4.47. The van der Waals surface area contributed by atoms with Crippen LogP contribution in [0.5, 0.6) is 0 Å². The van der Waals surface area contributed by atoms with Gasteiger partial charge in [0, 0.05) is 0 Å². The maximum Gasteiger partial charge on any atom is -0.0298 e. The van der Waals surface area contributed by atoms with Crippen LogP contribution in [0.1, 0.15) is 107 Å².